The fourth-order valence-corrected chi connectivity index (χ4v) is 6.23. The molecule has 1 atom stereocenters. The second kappa shape index (κ2) is 14.6. The van der Waals surface area contributed by atoms with E-state index in [2.05, 4.69) is 20.9 Å². The van der Waals surface area contributed by atoms with Crippen LogP contribution in [0.25, 0.3) is 17.3 Å². The van der Waals surface area contributed by atoms with Gasteiger partial charge in [0.1, 0.15) is 5.70 Å². The van der Waals surface area contributed by atoms with Crippen LogP contribution < -0.4 is 16.0 Å². The highest BCUT2D eigenvalue weighted by Gasteiger charge is 2.18. The molecule has 10 nitrogen and oxygen atoms in total. The number of thioether (sulfide) groups is 1. The maximum atomic E-state index is 13.2. The number of non-ortho nitro benzene ring substituents is 1. The summed E-state index contributed by atoms with van der Waals surface area (Å²) in [4.78, 5) is 55.5. The second-order valence-corrected chi connectivity index (χ2v) is 12.7. The number of carbonyl (C=O) groups is 3. The number of anilines is 2. The molecule has 0 saturated heterocycles. The van der Waals surface area contributed by atoms with E-state index in [4.69, 9.17) is 0 Å². The Hall–Kier alpha value is -5.11. The number of nitro groups is 1. The van der Waals surface area contributed by atoms with Gasteiger partial charge in [-0.3, -0.25) is 24.5 Å². The largest absolute Gasteiger partial charge is 0.321 e. The van der Waals surface area contributed by atoms with Crippen LogP contribution >= 0.6 is 34.4 Å². The summed E-state index contributed by atoms with van der Waals surface area (Å²) in [5, 5.41) is 22.9. The first-order valence-electron chi connectivity index (χ1n) is 13.5. The van der Waals surface area contributed by atoms with Crippen LogP contribution in [0.2, 0.25) is 0 Å². The quantitative estimate of drug-likeness (QED) is 0.0586. The van der Waals surface area contributed by atoms with Crippen LogP contribution in [0.15, 0.2) is 112 Å². The molecule has 13 heteroatoms. The van der Waals surface area contributed by atoms with Gasteiger partial charge in [0.05, 0.1) is 15.9 Å². The minimum atomic E-state index is -0.478. The molecule has 0 aliphatic carbocycles. The first kappa shape index (κ1) is 31.3. The number of amides is 3. The summed E-state index contributed by atoms with van der Waals surface area (Å²) in [5.41, 5.74) is 2.13. The Kier molecular flexibility index (Phi) is 10.1. The average Bonchev–Trinajstić information content (AvgIpc) is 3.74. The number of aromatic nitrogens is 1. The summed E-state index contributed by atoms with van der Waals surface area (Å²) in [5.74, 6) is -1.13. The summed E-state index contributed by atoms with van der Waals surface area (Å²) in [6.07, 6.45) is 1.63. The van der Waals surface area contributed by atoms with E-state index in [0.29, 0.717) is 27.6 Å². The van der Waals surface area contributed by atoms with Gasteiger partial charge < -0.3 is 16.0 Å². The van der Waals surface area contributed by atoms with Gasteiger partial charge in [-0.05, 0) is 60.8 Å². The highest BCUT2D eigenvalue weighted by atomic mass is 32.2. The predicted molar refractivity (Wildman–Crippen MR) is 179 cm³/mol. The number of hydrogen-bond donors (Lipinski definition) is 3. The standard InChI is InChI=1S/C32H25N5O5S3/c1-20(29(38)36-32-35-28(19-44-32)22-9-5-10-24(17-22)37(41)42)45-25-14-12-23(13-15-25)33-31(40)27(18-26-11-6-16-43-26)34-30(39)21-7-3-2-4-8-21/h2-20H,1H3,(H,33,40)(H,34,39)(H,35,36,38)/b27-18-. The zero-order valence-electron chi connectivity index (χ0n) is 23.6. The van der Waals surface area contributed by atoms with Crippen molar-refractivity contribution in [2.75, 3.05) is 10.6 Å². The summed E-state index contributed by atoms with van der Waals surface area (Å²) < 4.78 is 0. The third-order valence-corrected chi connectivity index (χ3v) is 8.93. The lowest BCUT2D eigenvalue weighted by atomic mass is 10.1. The summed E-state index contributed by atoms with van der Waals surface area (Å²) >= 11 is 4.00. The number of nitro benzene ring substituents is 1. The molecule has 0 bridgehead atoms. The van der Waals surface area contributed by atoms with Gasteiger partial charge in [-0.2, -0.15) is 0 Å². The van der Waals surface area contributed by atoms with Crippen LogP contribution in [-0.4, -0.2) is 32.9 Å². The van der Waals surface area contributed by atoms with E-state index in [1.165, 1.54) is 46.6 Å². The monoisotopic (exact) mass is 655 g/mol. The van der Waals surface area contributed by atoms with Crippen LogP contribution in [0, 0.1) is 10.1 Å². The Morgan fingerprint density at radius 3 is 2.42 bits per heavy atom. The molecule has 0 saturated carbocycles. The minimum absolute atomic E-state index is 0.0354. The number of hydrogen-bond acceptors (Lipinski definition) is 9. The smallest absolute Gasteiger partial charge is 0.272 e. The molecule has 2 heterocycles. The fraction of sp³-hybridized carbons (Fsp3) is 0.0625. The number of thiophene rings is 1. The van der Waals surface area contributed by atoms with Gasteiger partial charge in [-0.15, -0.1) is 34.4 Å². The molecule has 0 fully saturated rings. The fourth-order valence-electron chi connectivity index (χ4n) is 3.98. The lowest BCUT2D eigenvalue weighted by Crippen LogP contribution is -2.30. The van der Waals surface area contributed by atoms with E-state index < -0.39 is 22.0 Å². The number of thiazole rings is 1. The molecule has 1 unspecified atom stereocenters. The number of nitrogens with zero attached hydrogens (tertiary/aromatic N) is 2. The molecule has 0 aliphatic rings. The van der Waals surface area contributed by atoms with Crippen molar-refractivity contribution >= 4 is 74.7 Å². The van der Waals surface area contributed by atoms with Gasteiger partial charge in [0.15, 0.2) is 5.13 Å². The average molecular weight is 656 g/mol. The van der Waals surface area contributed by atoms with Crippen molar-refractivity contribution in [2.45, 2.75) is 17.1 Å². The van der Waals surface area contributed by atoms with Gasteiger partial charge in [0, 0.05) is 44.1 Å². The van der Waals surface area contributed by atoms with Gasteiger partial charge in [-0.25, -0.2) is 4.98 Å². The molecule has 0 radical (unpaired) electrons. The van der Waals surface area contributed by atoms with Crippen LogP contribution in [0.3, 0.4) is 0 Å². The first-order valence-corrected chi connectivity index (χ1v) is 16.1. The summed E-state index contributed by atoms with van der Waals surface area (Å²) in [6, 6.07) is 25.5. The van der Waals surface area contributed by atoms with E-state index in [1.807, 2.05) is 23.6 Å². The van der Waals surface area contributed by atoms with Crippen LogP contribution in [0.1, 0.15) is 22.2 Å². The summed E-state index contributed by atoms with van der Waals surface area (Å²) in [6.45, 7) is 1.77. The van der Waals surface area contributed by atoms with E-state index >= 15 is 0 Å². The lowest BCUT2D eigenvalue weighted by Gasteiger charge is -2.13. The van der Waals surface area contributed by atoms with E-state index in [1.54, 1.807) is 79.0 Å². The molecular formula is C32H25N5O5S3. The highest BCUT2D eigenvalue weighted by molar-refractivity contribution is 8.00. The van der Waals surface area contributed by atoms with Gasteiger partial charge in [0.2, 0.25) is 5.91 Å². The molecule has 0 aliphatic heterocycles. The Morgan fingerprint density at radius 1 is 0.933 bits per heavy atom. The SMILES string of the molecule is CC(Sc1ccc(NC(=O)/C(=C/c2cccs2)NC(=O)c2ccccc2)cc1)C(=O)Nc1nc(-c2cccc([N+](=O)[O-])c2)cs1. The molecule has 0 spiro atoms. The number of nitrogens with one attached hydrogen (secondary N) is 3. The first-order chi connectivity index (χ1) is 21.7. The van der Waals surface area contributed by atoms with Crippen molar-refractivity contribution in [3.05, 3.63) is 128 Å². The third-order valence-electron chi connectivity index (χ3n) is 6.24. The Bertz CT molecular complexity index is 1860. The van der Waals surface area contributed by atoms with Crippen molar-refractivity contribution in [2.24, 2.45) is 0 Å². The second-order valence-electron chi connectivity index (χ2n) is 9.47. The van der Waals surface area contributed by atoms with Gasteiger partial charge >= 0.3 is 0 Å². The predicted octanol–water partition coefficient (Wildman–Crippen LogP) is 7.31. The van der Waals surface area contributed by atoms with Gasteiger partial charge in [-0.1, -0.05) is 36.4 Å². The lowest BCUT2D eigenvalue weighted by molar-refractivity contribution is -0.384. The normalized spacial score (nSPS) is 11.8. The molecule has 3 N–H and O–H groups in total. The third kappa shape index (κ3) is 8.50. The molecule has 3 amide bonds. The summed E-state index contributed by atoms with van der Waals surface area (Å²) in [7, 11) is 0. The topological polar surface area (TPSA) is 143 Å². The van der Waals surface area contributed by atoms with Crippen LogP contribution in [-0.2, 0) is 9.59 Å². The van der Waals surface area contributed by atoms with Crippen LogP contribution in [0.5, 0.6) is 0 Å². The zero-order chi connectivity index (χ0) is 31.8. The number of benzene rings is 3. The Labute approximate surface area is 270 Å². The highest BCUT2D eigenvalue weighted by Crippen LogP contribution is 2.29. The molecule has 45 heavy (non-hydrogen) atoms. The molecule has 2 aromatic heterocycles. The van der Waals surface area contributed by atoms with E-state index in [0.717, 1.165) is 9.77 Å². The number of rotatable bonds is 11. The van der Waals surface area contributed by atoms with Crippen molar-refractivity contribution in [3.8, 4) is 11.3 Å². The zero-order valence-corrected chi connectivity index (χ0v) is 26.1. The van der Waals surface area contributed by atoms with Crippen molar-refractivity contribution in [1.82, 2.24) is 10.3 Å². The van der Waals surface area contributed by atoms with Gasteiger partial charge in [0.25, 0.3) is 17.5 Å². The van der Waals surface area contributed by atoms with Crippen molar-refractivity contribution in [3.63, 3.8) is 0 Å². The van der Waals surface area contributed by atoms with Crippen molar-refractivity contribution in [1.29, 1.82) is 0 Å². The molecular weight excluding hydrogens is 631 g/mol. The molecule has 3 aromatic carbocycles. The van der Waals surface area contributed by atoms with Crippen LogP contribution in [0.4, 0.5) is 16.5 Å². The Morgan fingerprint density at radius 2 is 1.71 bits per heavy atom. The maximum absolute atomic E-state index is 13.2. The van der Waals surface area contributed by atoms with Crippen molar-refractivity contribution < 1.29 is 19.3 Å². The molecule has 226 valence electrons. The maximum Gasteiger partial charge on any atom is 0.272 e. The number of carbonyl (C=O) groups excluding carboxylic acids is 3. The molecule has 5 rings (SSSR count). The van der Waals surface area contributed by atoms with E-state index in [9.17, 15) is 24.5 Å². The van der Waals surface area contributed by atoms with E-state index in [-0.39, 0.29) is 17.3 Å². The molecule has 5 aromatic rings. The Balaban J connectivity index is 1.18. The minimum Gasteiger partial charge on any atom is -0.321 e.